The van der Waals surface area contributed by atoms with Gasteiger partial charge < -0.3 is 23.6 Å². The fourth-order valence-electron chi connectivity index (χ4n) is 3.97. The van der Waals surface area contributed by atoms with Gasteiger partial charge in [0, 0.05) is 26.2 Å². The van der Waals surface area contributed by atoms with E-state index >= 15 is 0 Å². The van der Waals surface area contributed by atoms with Crippen LogP contribution in [0.2, 0.25) is 0 Å². The summed E-state index contributed by atoms with van der Waals surface area (Å²) in [6.45, 7) is 6.69. The molecular weight excluding hydrogens is 485 g/mol. The molecule has 202 valence electrons. The lowest BCUT2D eigenvalue weighted by Crippen LogP contribution is -2.43. The van der Waals surface area contributed by atoms with Crippen molar-refractivity contribution in [3.8, 4) is 0 Å². The van der Waals surface area contributed by atoms with Crippen molar-refractivity contribution in [2.75, 3.05) is 39.4 Å². The van der Waals surface area contributed by atoms with Crippen LogP contribution >= 0.6 is 7.37 Å². The second-order valence-electron chi connectivity index (χ2n) is 9.98. The molecular formula is C26H40NO8P. The highest BCUT2D eigenvalue weighted by molar-refractivity contribution is 7.59. The Morgan fingerprint density at radius 1 is 1.08 bits per heavy atom. The molecule has 1 heterocycles. The molecule has 0 saturated carbocycles. The molecule has 1 aromatic rings. The van der Waals surface area contributed by atoms with Crippen LogP contribution < -0.4 is 0 Å². The van der Waals surface area contributed by atoms with Gasteiger partial charge in [-0.3, -0.25) is 14.2 Å². The number of carbonyl (C=O) groups excluding carboxylic acids is 3. The van der Waals surface area contributed by atoms with Gasteiger partial charge in [-0.15, -0.1) is 0 Å². The molecule has 36 heavy (non-hydrogen) atoms. The highest BCUT2D eigenvalue weighted by Crippen LogP contribution is 2.48. The zero-order valence-corrected chi connectivity index (χ0v) is 23.0. The van der Waals surface area contributed by atoms with E-state index in [-0.39, 0.29) is 31.8 Å². The highest BCUT2D eigenvalue weighted by atomic mass is 31.2. The second-order valence-corrected chi connectivity index (χ2v) is 12.6. The average Bonchev–Trinajstić information content (AvgIpc) is 3.27. The fourth-order valence-corrected chi connectivity index (χ4v) is 6.12. The van der Waals surface area contributed by atoms with Crippen LogP contribution in [0.5, 0.6) is 0 Å². The number of rotatable bonds is 13. The maximum atomic E-state index is 13.5. The first kappa shape index (κ1) is 30.0. The predicted octanol–water partition coefficient (Wildman–Crippen LogP) is 4.03. The van der Waals surface area contributed by atoms with Gasteiger partial charge in [0.15, 0.2) is 0 Å². The van der Waals surface area contributed by atoms with Gasteiger partial charge >= 0.3 is 11.9 Å². The summed E-state index contributed by atoms with van der Waals surface area (Å²) in [6, 6.07) is 9.12. The third-order valence-corrected chi connectivity index (χ3v) is 8.47. The summed E-state index contributed by atoms with van der Waals surface area (Å²) in [5, 5.41) is 0. The number of hydrogen-bond donors (Lipinski definition) is 0. The molecule has 10 heteroatoms. The number of hydrogen-bond acceptors (Lipinski definition) is 8. The Morgan fingerprint density at radius 3 is 2.39 bits per heavy atom. The smallest absolute Gasteiger partial charge is 0.331 e. The van der Waals surface area contributed by atoms with Gasteiger partial charge in [0.1, 0.15) is 12.2 Å². The second kappa shape index (κ2) is 13.9. The molecule has 1 aliphatic rings. The molecule has 1 saturated heterocycles. The maximum absolute atomic E-state index is 13.5. The van der Waals surface area contributed by atoms with Gasteiger partial charge in [-0.2, -0.15) is 0 Å². The number of aryl methyl sites for hydroxylation is 1. The lowest BCUT2D eigenvalue weighted by atomic mass is 9.98. The Hall–Kier alpha value is -2.22. The standard InChI is InChI=1S/C26H40NO8P/c1-6-35-36(31,15-11-10-14-20-12-8-7-9-13-20)18-23(28)27-17-21(32-5)16-22(27)24(29)33-19-34-25(30)26(2,3)4/h7-9,12-13,21-22H,6,10-11,14-19H2,1-5H3/t21-,22-,36?/m0/s1. The molecule has 0 N–H and O–H groups in total. The summed E-state index contributed by atoms with van der Waals surface area (Å²) in [4.78, 5) is 39.2. The maximum Gasteiger partial charge on any atom is 0.331 e. The van der Waals surface area contributed by atoms with Crippen molar-refractivity contribution in [2.24, 2.45) is 5.41 Å². The number of methoxy groups -OCH3 is 1. The van der Waals surface area contributed by atoms with Gasteiger partial charge in [0.2, 0.25) is 20.1 Å². The van der Waals surface area contributed by atoms with Crippen LogP contribution in [0.15, 0.2) is 30.3 Å². The molecule has 1 aromatic carbocycles. The van der Waals surface area contributed by atoms with Crippen molar-refractivity contribution < 1.29 is 37.7 Å². The van der Waals surface area contributed by atoms with E-state index in [0.717, 1.165) is 12.8 Å². The van der Waals surface area contributed by atoms with E-state index in [1.54, 1.807) is 27.7 Å². The highest BCUT2D eigenvalue weighted by Gasteiger charge is 2.42. The number of likely N-dealkylation sites (tertiary alicyclic amines) is 1. The number of benzene rings is 1. The van der Waals surface area contributed by atoms with Gasteiger partial charge in [-0.05, 0) is 52.5 Å². The van der Waals surface area contributed by atoms with Crippen LogP contribution in [0.1, 0.15) is 52.5 Å². The number of ether oxygens (including phenoxy) is 3. The predicted molar refractivity (Wildman–Crippen MR) is 136 cm³/mol. The summed E-state index contributed by atoms with van der Waals surface area (Å²) >= 11 is 0. The minimum Gasteiger partial charge on any atom is -0.427 e. The molecule has 1 aliphatic heterocycles. The topological polar surface area (TPSA) is 108 Å². The molecule has 1 amide bonds. The van der Waals surface area contributed by atoms with Crippen molar-refractivity contribution >= 4 is 25.2 Å². The van der Waals surface area contributed by atoms with Gasteiger partial charge in [-0.25, -0.2) is 4.79 Å². The molecule has 0 aromatic heterocycles. The summed E-state index contributed by atoms with van der Waals surface area (Å²) < 4.78 is 34.6. The van der Waals surface area contributed by atoms with Crippen LogP contribution in [0, 0.1) is 5.41 Å². The van der Waals surface area contributed by atoms with E-state index in [4.69, 9.17) is 18.7 Å². The first-order valence-electron chi connectivity index (χ1n) is 12.4. The van der Waals surface area contributed by atoms with Gasteiger partial charge in [0.25, 0.3) is 0 Å². The van der Waals surface area contributed by atoms with E-state index in [9.17, 15) is 18.9 Å². The van der Waals surface area contributed by atoms with Crippen LogP contribution in [0.4, 0.5) is 0 Å². The minimum atomic E-state index is -3.24. The first-order valence-corrected chi connectivity index (χ1v) is 14.4. The number of nitrogens with zero attached hydrogens (tertiary/aromatic N) is 1. The molecule has 0 bridgehead atoms. The summed E-state index contributed by atoms with van der Waals surface area (Å²) in [7, 11) is -1.74. The lowest BCUT2D eigenvalue weighted by Gasteiger charge is -2.26. The Balaban J connectivity index is 1.96. The van der Waals surface area contributed by atoms with Crippen LogP contribution in [0.25, 0.3) is 0 Å². The quantitative estimate of drug-likeness (QED) is 0.164. The molecule has 1 fully saturated rings. The van der Waals surface area contributed by atoms with Gasteiger partial charge in [-0.1, -0.05) is 30.3 Å². The Labute approximate surface area is 214 Å². The number of carbonyl (C=O) groups is 3. The SMILES string of the molecule is CCOP(=O)(CCCCc1ccccc1)CC(=O)N1C[C@@H](OC)C[C@H]1C(=O)OCOC(=O)C(C)(C)C. The zero-order chi connectivity index (χ0) is 26.8. The Bertz CT molecular complexity index is 914. The number of esters is 2. The van der Waals surface area contributed by atoms with E-state index in [2.05, 4.69) is 12.1 Å². The Kier molecular flexibility index (Phi) is 11.6. The summed E-state index contributed by atoms with van der Waals surface area (Å²) in [6.07, 6.45) is 2.23. The zero-order valence-electron chi connectivity index (χ0n) is 22.1. The molecule has 0 spiro atoms. The lowest BCUT2D eigenvalue weighted by molar-refractivity contribution is -0.176. The largest absolute Gasteiger partial charge is 0.427 e. The van der Waals surface area contributed by atoms with Crippen molar-refractivity contribution in [1.29, 1.82) is 0 Å². The van der Waals surface area contributed by atoms with E-state index < -0.39 is 43.5 Å². The molecule has 0 radical (unpaired) electrons. The van der Waals surface area contributed by atoms with E-state index in [0.29, 0.717) is 12.6 Å². The van der Waals surface area contributed by atoms with Crippen LogP contribution in [0.3, 0.4) is 0 Å². The average molecular weight is 526 g/mol. The van der Waals surface area contributed by atoms with Crippen molar-refractivity contribution in [1.82, 2.24) is 4.90 Å². The minimum absolute atomic E-state index is 0.178. The monoisotopic (exact) mass is 525 g/mol. The number of unbranched alkanes of at least 4 members (excludes halogenated alkanes) is 1. The Morgan fingerprint density at radius 2 is 1.78 bits per heavy atom. The molecule has 0 aliphatic carbocycles. The fraction of sp³-hybridized carbons (Fsp3) is 0.654. The van der Waals surface area contributed by atoms with E-state index in [1.807, 2.05) is 18.2 Å². The molecule has 9 nitrogen and oxygen atoms in total. The molecule has 1 unspecified atom stereocenters. The number of amides is 1. The van der Waals surface area contributed by atoms with E-state index in [1.165, 1.54) is 17.6 Å². The van der Waals surface area contributed by atoms with Crippen LogP contribution in [-0.4, -0.2) is 74.3 Å². The summed E-state index contributed by atoms with van der Waals surface area (Å²) in [5.41, 5.74) is 0.474. The first-order chi connectivity index (χ1) is 17.0. The van der Waals surface area contributed by atoms with Crippen molar-refractivity contribution in [2.45, 2.75) is 65.5 Å². The van der Waals surface area contributed by atoms with Crippen molar-refractivity contribution in [3.63, 3.8) is 0 Å². The van der Waals surface area contributed by atoms with Crippen molar-refractivity contribution in [3.05, 3.63) is 35.9 Å². The normalized spacial score (nSPS) is 19.5. The third kappa shape index (κ3) is 9.34. The van der Waals surface area contributed by atoms with Gasteiger partial charge in [0.05, 0.1) is 18.1 Å². The molecule has 2 rings (SSSR count). The third-order valence-electron chi connectivity index (χ3n) is 5.99. The van der Waals surface area contributed by atoms with Crippen LogP contribution in [-0.2, 0) is 44.1 Å². The molecule has 3 atom stereocenters. The summed E-state index contributed by atoms with van der Waals surface area (Å²) in [5.74, 6) is -1.64.